The fourth-order valence-electron chi connectivity index (χ4n) is 3.61. The molecule has 3 heterocycles. The maximum Gasteiger partial charge on any atom is 0.416 e. The summed E-state index contributed by atoms with van der Waals surface area (Å²) < 4.78 is 45.4. The molecule has 0 unspecified atom stereocenters. The van der Waals surface area contributed by atoms with Crippen LogP contribution in [0.2, 0.25) is 0 Å². The van der Waals surface area contributed by atoms with Gasteiger partial charge in [0.25, 0.3) is 5.91 Å². The molecule has 0 radical (unpaired) electrons. The first-order valence-corrected chi connectivity index (χ1v) is 10.0. The van der Waals surface area contributed by atoms with Crippen molar-refractivity contribution in [3.63, 3.8) is 0 Å². The van der Waals surface area contributed by atoms with Crippen molar-refractivity contribution in [2.75, 3.05) is 24.3 Å². The average molecular weight is 490 g/mol. The van der Waals surface area contributed by atoms with Crippen LogP contribution in [0.15, 0.2) is 42.7 Å². The minimum absolute atomic E-state index is 0. The second-order valence-corrected chi connectivity index (χ2v) is 7.61. The number of fused-ring (bicyclic) bond motifs is 1. The molecule has 178 valence electrons. The third-order valence-corrected chi connectivity index (χ3v) is 5.26. The molecule has 0 saturated carbocycles. The zero-order valence-corrected chi connectivity index (χ0v) is 19.3. The minimum Gasteiger partial charge on any atom is -0.383 e. The first-order chi connectivity index (χ1) is 15.7. The van der Waals surface area contributed by atoms with Crippen molar-refractivity contribution in [2.24, 2.45) is 0 Å². The molecule has 2 N–H and O–H groups in total. The van der Waals surface area contributed by atoms with Crippen LogP contribution in [0.4, 0.5) is 24.7 Å². The number of rotatable bonds is 3. The number of benzene rings is 1. The molecule has 0 spiro atoms. The third kappa shape index (κ3) is 4.88. The van der Waals surface area contributed by atoms with Gasteiger partial charge >= 0.3 is 6.18 Å². The first-order valence-electron chi connectivity index (χ1n) is 10.0. The van der Waals surface area contributed by atoms with E-state index in [0.29, 0.717) is 28.2 Å². The number of hydrogen-bond donors (Lipinski definition) is 1. The van der Waals surface area contributed by atoms with Gasteiger partial charge in [-0.1, -0.05) is 11.8 Å². The average Bonchev–Trinajstić information content (AvgIpc) is 3.21. The second-order valence-electron chi connectivity index (χ2n) is 7.61. The van der Waals surface area contributed by atoms with Crippen LogP contribution in [0, 0.1) is 11.8 Å². The predicted molar refractivity (Wildman–Crippen MR) is 126 cm³/mol. The zero-order chi connectivity index (χ0) is 23.8. The van der Waals surface area contributed by atoms with Crippen LogP contribution in [-0.4, -0.2) is 34.3 Å². The normalized spacial score (nSPS) is 15.3. The van der Waals surface area contributed by atoms with E-state index in [1.807, 2.05) is 6.92 Å². The molecule has 1 amide bonds. The number of anilines is 2. The third-order valence-electron chi connectivity index (χ3n) is 5.26. The van der Waals surface area contributed by atoms with Gasteiger partial charge in [0.15, 0.2) is 0 Å². The van der Waals surface area contributed by atoms with Crippen LogP contribution in [0.5, 0.6) is 0 Å². The molecule has 0 saturated heterocycles. The number of amides is 1. The topological polar surface area (TPSA) is 86.3 Å². The summed E-state index contributed by atoms with van der Waals surface area (Å²) in [5.41, 5.74) is 7.40. The summed E-state index contributed by atoms with van der Waals surface area (Å²) >= 11 is 0. The highest BCUT2D eigenvalue weighted by molar-refractivity contribution is 7.59. The number of ether oxygens (including phenoxy) is 1. The van der Waals surface area contributed by atoms with Gasteiger partial charge in [0.1, 0.15) is 11.5 Å². The number of carbonyl (C=O) groups excluding carboxylic acids is 1. The number of alkyl halides is 3. The number of carbonyl (C=O) groups is 1. The predicted octanol–water partition coefficient (Wildman–Crippen LogP) is 3.76. The quantitative estimate of drug-likeness (QED) is 0.567. The molecule has 0 aliphatic carbocycles. The number of pyridine rings is 1. The molecule has 11 heteroatoms. The Bertz CT molecular complexity index is 1260. The maximum absolute atomic E-state index is 13.3. The number of aromatic nitrogens is 3. The van der Waals surface area contributed by atoms with E-state index in [2.05, 4.69) is 21.9 Å². The Balaban J connectivity index is 0.00000324. The molecular weight excluding hydrogens is 467 g/mol. The van der Waals surface area contributed by atoms with Gasteiger partial charge in [-0.05, 0) is 37.3 Å². The van der Waals surface area contributed by atoms with Crippen LogP contribution < -0.4 is 10.6 Å². The van der Waals surface area contributed by atoms with Crippen molar-refractivity contribution in [1.29, 1.82) is 0 Å². The molecule has 1 aliphatic rings. The van der Waals surface area contributed by atoms with E-state index in [-0.39, 0.29) is 44.3 Å². The van der Waals surface area contributed by atoms with Gasteiger partial charge in [-0.3, -0.25) is 9.48 Å². The molecule has 7 nitrogen and oxygen atoms in total. The van der Waals surface area contributed by atoms with E-state index in [4.69, 9.17) is 10.5 Å². The van der Waals surface area contributed by atoms with Crippen LogP contribution in [0.25, 0.3) is 0 Å². The Morgan fingerprint density at radius 2 is 1.91 bits per heavy atom. The second kappa shape index (κ2) is 9.79. The standard InChI is InChI=1S/C23H20F3N5O2.H2S/c1-14-12-30(19-7-5-18(6-8-19)23(24,25)26)22(32)20-16(11-29-31(14)20)4-3-15-9-17(13-33-2)21(27)28-10-15;/h5-11,14H,12-13H2,1-2H3,(H2,27,28);1H2/t14-;/m0./s1. The van der Waals surface area contributed by atoms with Gasteiger partial charge in [-0.15, -0.1) is 0 Å². The monoisotopic (exact) mass is 489 g/mol. The molecule has 3 aromatic rings. The van der Waals surface area contributed by atoms with Crippen molar-refractivity contribution in [1.82, 2.24) is 14.8 Å². The Kier molecular flexibility index (Phi) is 7.24. The molecule has 2 aromatic heterocycles. The van der Waals surface area contributed by atoms with Crippen molar-refractivity contribution in [3.8, 4) is 11.8 Å². The van der Waals surface area contributed by atoms with Crippen LogP contribution in [0.1, 0.15) is 45.7 Å². The Morgan fingerprint density at radius 1 is 1.21 bits per heavy atom. The van der Waals surface area contributed by atoms with Gasteiger partial charge in [-0.25, -0.2) is 4.98 Å². The number of nitrogens with two attached hydrogens (primary N) is 1. The smallest absolute Gasteiger partial charge is 0.383 e. The highest BCUT2D eigenvalue weighted by atomic mass is 32.1. The largest absolute Gasteiger partial charge is 0.416 e. The highest BCUT2D eigenvalue weighted by Crippen LogP contribution is 2.32. The lowest BCUT2D eigenvalue weighted by Crippen LogP contribution is -2.43. The van der Waals surface area contributed by atoms with E-state index in [0.717, 1.165) is 12.1 Å². The van der Waals surface area contributed by atoms with Gasteiger partial charge in [0.2, 0.25) is 0 Å². The van der Waals surface area contributed by atoms with Gasteiger partial charge in [0, 0.05) is 36.7 Å². The van der Waals surface area contributed by atoms with Gasteiger partial charge < -0.3 is 15.4 Å². The zero-order valence-electron chi connectivity index (χ0n) is 18.3. The molecule has 1 atom stereocenters. The summed E-state index contributed by atoms with van der Waals surface area (Å²) in [7, 11) is 1.55. The molecule has 34 heavy (non-hydrogen) atoms. The fraction of sp³-hybridized carbons (Fsp3) is 0.261. The lowest BCUT2D eigenvalue weighted by Gasteiger charge is -2.32. The summed E-state index contributed by atoms with van der Waals surface area (Å²) in [4.78, 5) is 18.8. The SMILES string of the molecule is COCc1cc(C#Cc2cnn3c2C(=O)N(c2ccc(C(F)(F)F)cc2)C[C@@H]3C)cnc1N.S. The fourth-order valence-corrected chi connectivity index (χ4v) is 3.61. The number of halogens is 3. The van der Waals surface area contributed by atoms with E-state index in [9.17, 15) is 18.0 Å². The molecule has 0 fully saturated rings. The molecule has 1 aromatic carbocycles. The van der Waals surface area contributed by atoms with E-state index in [1.54, 1.807) is 17.9 Å². The summed E-state index contributed by atoms with van der Waals surface area (Å²) in [5.74, 6) is 5.89. The summed E-state index contributed by atoms with van der Waals surface area (Å²) in [6.07, 6.45) is -1.41. The minimum atomic E-state index is -4.45. The summed E-state index contributed by atoms with van der Waals surface area (Å²) in [6, 6.07) is 6.08. The van der Waals surface area contributed by atoms with Gasteiger partial charge in [0.05, 0.1) is 30.0 Å². The Hall–Kier alpha value is -3.49. The number of hydrogen-bond acceptors (Lipinski definition) is 5. The van der Waals surface area contributed by atoms with Crippen LogP contribution in [0.3, 0.4) is 0 Å². The Labute approximate surface area is 201 Å². The van der Waals surface area contributed by atoms with Crippen LogP contribution >= 0.6 is 13.5 Å². The molecule has 0 bridgehead atoms. The van der Waals surface area contributed by atoms with Gasteiger partial charge in [-0.2, -0.15) is 31.8 Å². The number of nitrogens with zero attached hydrogens (tertiary/aromatic N) is 4. The van der Waals surface area contributed by atoms with Crippen LogP contribution in [-0.2, 0) is 17.5 Å². The van der Waals surface area contributed by atoms with Crippen molar-refractivity contribution in [2.45, 2.75) is 25.7 Å². The lowest BCUT2D eigenvalue weighted by molar-refractivity contribution is -0.137. The Morgan fingerprint density at radius 3 is 2.56 bits per heavy atom. The highest BCUT2D eigenvalue weighted by Gasteiger charge is 2.34. The molecule has 1 aliphatic heterocycles. The van der Waals surface area contributed by atoms with E-state index < -0.39 is 11.7 Å². The molecular formula is C23H22F3N5O2S. The summed E-state index contributed by atoms with van der Waals surface area (Å²) in [5, 5.41) is 4.30. The lowest BCUT2D eigenvalue weighted by atomic mass is 10.1. The number of nitrogen functional groups attached to an aromatic ring is 1. The number of methoxy groups -OCH3 is 1. The summed E-state index contributed by atoms with van der Waals surface area (Å²) in [6.45, 7) is 2.43. The van der Waals surface area contributed by atoms with E-state index >= 15 is 0 Å². The molecule has 4 rings (SSSR count). The van der Waals surface area contributed by atoms with E-state index in [1.165, 1.54) is 29.4 Å². The van der Waals surface area contributed by atoms with Crippen molar-refractivity contribution in [3.05, 3.63) is 70.7 Å². The first kappa shape index (κ1) is 25.1. The maximum atomic E-state index is 13.3. The van der Waals surface area contributed by atoms with Crippen molar-refractivity contribution >= 4 is 30.9 Å². The van der Waals surface area contributed by atoms with Crippen molar-refractivity contribution < 1.29 is 22.7 Å².